The molecule has 1 rings (SSSR count). The third-order valence-corrected chi connectivity index (χ3v) is 4.38. The van der Waals surface area contributed by atoms with Crippen LogP contribution in [-0.4, -0.2) is 39.8 Å². The highest BCUT2D eigenvalue weighted by Gasteiger charge is 2.24. The quantitative estimate of drug-likeness (QED) is 0.746. The molecule has 0 saturated carbocycles. The van der Waals surface area contributed by atoms with Crippen molar-refractivity contribution in [3.8, 4) is 5.75 Å². The van der Waals surface area contributed by atoms with Gasteiger partial charge in [-0.3, -0.25) is 9.10 Å². The lowest BCUT2D eigenvalue weighted by atomic mass is 10.2. The summed E-state index contributed by atoms with van der Waals surface area (Å²) in [5, 5.41) is 2.82. The fraction of sp³-hybridized carbons (Fsp3) is 0.562. The first-order valence-electron chi connectivity index (χ1n) is 7.78. The second-order valence-corrected chi connectivity index (χ2v) is 7.33. The number of rotatable bonds is 9. The maximum Gasteiger partial charge on any atom is 0.240 e. The maximum atomic E-state index is 12.2. The Morgan fingerprint density at radius 3 is 2.52 bits per heavy atom. The summed E-state index contributed by atoms with van der Waals surface area (Å²) >= 11 is 0. The van der Waals surface area contributed by atoms with Gasteiger partial charge in [-0.25, -0.2) is 8.42 Å². The number of hydrogen-bond acceptors (Lipinski definition) is 4. The lowest BCUT2D eigenvalue weighted by Crippen LogP contribution is -2.43. The summed E-state index contributed by atoms with van der Waals surface area (Å²) in [5.74, 6) is 0.109. The van der Waals surface area contributed by atoms with Crippen LogP contribution >= 0.6 is 0 Å². The van der Waals surface area contributed by atoms with Crippen molar-refractivity contribution >= 4 is 21.6 Å². The fourth-order valence-corrected chi connectivity index (χ4v) is 3.14. The van der Waals surface area contributed by atoms with E-state index in [1.165, 1.54) is 0 Å². The van der Waals surface area contributed by atoms with Gasteiger partial charge in [-0.2, -0.15) is 0 Å². The average Bonchev–Trinajstić information content (AvgIpc) is 2.45. The van der Waals surface area contributed by atoms with Gasteiger partial charge < -0.3 is 10.1 Å². The van der Waals surface area contributed by atoms with Crippen molar-refractivity contribution in [2.45, 2.75) is 39.7 Å². The first-order chi connectivity index (χ1) is 10.8. The smallest absolute Gasteiger partial charge is 0.240 e. The van der Waals surface area contributed by atoms with E-state index in [1.807, 2.05) is 20.8 Å². The Balaban J connectivity index is 3.01. The van der Waals surface area contributed by atoms with Gasteiger partial charge in [-0.1, -0.05) is 25.5 Å². The minimum Gasteiger partial charge on any atom is -0.492 e. The highest BCUT2D eigenvalue weighted by Crippen LogP contribution is 2.29. The molecule has 1 aromatic rings. The van der Waals surface area contributed by atoms with Crippen molar-refractivity contribution in [3.63, 3.8) is 0 Å². The van der Waals surface area contributed by atoms with Gasteiger partial charge in [-0.05, 0) is 32.4 Å². The van der Waals surface area contributed by atoms with Crippen LogP contribution in [0.1, 0.15) is 33.6 Å². The molecular formula is C16H26N2O4S. The van der Waals surface area contributed by atoms with E-state index in [0.29, 0.717) is 18.0 Å². The summed E-state index contributed by atoms with van der Waals surface area (Å²) in [6.07, 6.45) is 2.88. The van der Waals surface area contributed by atoms with Gasteiger partial charge in [0.25, 0.3) is 0 Å². The largest absolute Gasteiger partial charge is 0.492 e. The Kier molecular flexibility index (Phi) is 7.35. The van der Waals surface area contributed by atoms with Crippen LogP contribution in [0.15, 0.2) is 24.3 Å². The van der Waals surface area contributed by atoms with Gasteiger partial charge in [0.15, 0.2) is 0 Å². The molecule has 0 saturated heterocycles. The third kappa shape index (κ3) is 6.09. The van der Waals surface area contributed by atoms with Crippen molar-refractivity contribution in [1.29, 1.82) is 0 Å². The summed E-state index contributed by atoms with van der Waals surface area (Å²) in [6, 6.07) is 6.81. The second kappa shape index (κ2) is 8.76. The Hall–Kier alpha value is -1.76. The molecule has 0 fully saturated rings. The number of ether oxygens (including phenoxy) is 1. The zero-order valence-corrected chi connectivity index (χ0v) is 15.0. The molecule has 0 heterocycles. The summed E-state index contributed by atoms with van der Waals surface area (Å²) in [6.45, 7) is 5.90. The zero-order valence-electron chi connectivity index (χ0n) is 14.2. The summed E-state index contributed by atoms with van der Waals surface area (Å²) in [4.78, 5) is 12.2. The number of nitrogens with zero attached hydrogens (tertiary/aromatic N) is 1. The van der Waals surface area contributed by atoms with E-state index in [1.54, 1.807) is 24.3 Å². The summed E-state index contributed by atoms with van der Waals surface area (Å²) < 4.78 is 30.8. The number of carbonyl (C=O) groups is 1. The van der Waals surface area contributed by atoms with E-state index in [9.17, 15) is 13.2 Å². The van der Waals surface area contributed by atoms with E-state index in [-0.39, 0.29) is 18.5 Å². The Morgan fingerprint density at radius 2 is 1.96 bits per heavy atom. The molecule has 6 nitrogen and oxygen atoms in total. The number of hydrogen-bond donors (Lipinski definition) is 1. The minimum absolute atomic E-state index is 0.0102. The van der Waals surface area contributed by atoms with E-state index in [2.05, 4.69) is 5.32 Å². The molecule has 0 aromatic heterocycles. The van der Waals surface area contributed by atoms with Crippen molar-refractivity contribution in [2.24, 2.45) is 0 Å². The van der Waals surface area contributed by atoms with E-state index in [4.69, 9.17) is 4.74 Å². The van der Waals surface area contributed by atoms with Crippen LogP contribution < -0.4 is 14.4 Å². The molecule has 0 unspecified atom stereocenters. The predicted molar refractivity (Wildman–Crippen MR) is 92.3 cm³/mol. The molecule has 23 heavy (non-hydrogen) atoms. The molecule has 1 amide bonds. The fourth-order valence-electron chi connectivity index (χ4n) is 2.28. The van der Waals surface area contributed by atoms with Crippen LogP contribution in [0.5, 0.6) is 5.75 Å². The highest BCUT2D eigenvalue weighted by molar-refractivity contribution is 7.92. The zero-order chi connectivity index (χ0) is 17.5. The van der Waals surface area contributed by atoms with E-state index in [0.717, 1.165) is 23.4 Å². The van der Waals surface area contributed by atoms with Crippen LogP contribution in [0, 0.1) is 0 Å². The van der Waals surface area contributed by atoms with Crippen LogP contribution in [0.4, 0.5) is 5.69 Å². The predicted octanol–water partition coefficient (Wildman–Crippen LogP) is 2.16. The monoisotopic (exact) mass is 342 g/mol. The molecule has 0 bridgehead atoms. The third-order valence-electron chi connectivity index (χ3n) is 3.25. The van der Waals surface area contributed by atoms with Crippen molar-refractivity contribution in [1.82, 2.24) is 5.32 Å². The van der Waals surface area contributed by atoms with Gasteiger partial charge in [-0.15, -0.1) is 0 Å². The standard InChI is InChI=1S/C16H26N2O4S/c1-5-9-13(3)17-16(19)12-18(23(4,20)21)14-10-7-8-11-15(14)22-6-2/h7-8,10-11,13H,5-6,9,12H2,1-4H3,(H,17,19)/t13-/m0/s1. The SMILES string of the molecule is CCC[C@H](C)NC(=O)CN(c1ccccc1OCC)S(C)(=O)=O. The van der Waals surface area contributed by atoms with Gasteiger partial charge in [0.1, 0.15) is 12.3 Å². The second-order valence-electron chi connectivity index (χ2n) is 5.43. The lowest BCUT2D eigenvalue weighted by molar-refractivity contribution is -0.120. The molecule has 0 spiro atoms. The van der Waals surface area contributed by atoms with Crippen molar-refractivity contribution in [3.05, 3.63) is 24.3 Å². The minimum atomic E-state index is -3.61. The topological polar surface area (TPSA) is 75.7 Å². The van der Waals surface area contributed by atoms with Crippen molar-refractivity contribution < 1.29 is 17.9 Å². The number of carbonyl (C=O) groups excluding carboxylic acids is 1. The van der Waals surface area contributed by atoms with Crippen LogP contribution in [0.25, 0.3) is 0 Å². The van der Waals surface area contributed by atoms with Crippen LogP contribution in [0.3, 0.4) is 0 Å². The number of amides is 1. The molecule has 0 radical (unpaired) electrons. The number of anilines is 1. The number of sulfonamides is 1. The normalized spacial score (nSPS) is 12.5. The van der Waals surface area contributed by atoms with Crippen LogP contribution in [0.2, 0.25) is 0 Å². The van der Waals surface area contributed by atoms with E-state index < -0.39 is 10.0 Å². The number of benzene rings is 1. The summed E-state index contributed by atoms with van der Waals surface area (Å²) in [7, 11) is -3.61. The van der Waals surface area contributed by atoms with Gasteiger partial charge in [0.2, 0.25) is 15.9 Å². The molecule has 7 heteroatoms. The van der Waals surface area contributed by atoms with Crippen LogP contribution in [-0.2, 0) is 14.8 Å². The highest BCUT2D eigenvalue weighted by atomic mass is 32.2. The molecule has 130 valence electrons. The average molecular weight is 342 g/mol. The molecule has 1 N–H and O–H groups in total. The number of nitrogens with one attached hydrogen (secondary N) is 1. The summed E-state index contributed by atoms with van der Waals surface area (Å²) in [5.41, 5.74) is 0.371. The molecular weight excluding hydrogens is 316 g/mol. The van der Waals surface area contributed by atoms with Gasteiger partial charge in [0.05, 0.1) is 18.6 Å². The molecule has 0 aliphatic heterocycles. The molecule has 1 aromatic carbocycles. The van der Waals surface area contributed by atoms with Crippen molar-refractivity contribution in [2.75, 3.05) is 23.7 Å². The Morgan fingerprint density at radius 1 is 1.30 bits per heavy atom. The first kappa shape index (κ1) is 19.3. The Labute approximate surface area is 138 Å². The van der Waals surface area contributed by atoms with Gasteiger partial charge in [0, 0.05) is 6.04 Å². The molecule has 1 atom stereocenters. The molecule has 0 aliphatic carbocycles. The maximum absolute atomic E-state index is 12.2. The first-order valence-corrected chi connectivity index (χ1v) is 9.63. The van der Waals surface area contributed by atoms with E-state index >= 15 is 0 Å². The number of para-hydroxylation sites is 2. The lowest BCUT2D eigenvalue weighted by Gasteiger charge is -2.25. The van der Waals surface area contributed by atoms with Gasteiger partial charge >= 0.3 is 0 Å². The molecule has 0 aliphatic rings. The Bertz CT molecular complexity index is 616.